The minimum absolute atomic E-state index is 0.0239. The topological polar surface area (TPSA) is 53.7 Å². The van der Waals surface area contributed by atoms with Crippen LogP contribution in [-0.4, -0.2) is 41.3 Å². The van der Waals surface area contributed by atoms with Crippen molar-refractivity contribution in [1.29, 1.82) is 0 Å². The van der Waals surface area contributed by atoms with Gasteiger partial charge in [0.2, 0.25) is 0 Å². The molecule has 1 fully saturated rings. The molecule has 19 heavy (non-hydrogen) atoms. The Morgan fingerprint density at radius 2 is 2.26 bits per heavy atom. The molecule has 1 amide bonds. The highest BCUT2D eigenvalue weighted by atomic mass is 19.1. The lowest BCUT2D eigenvalue weighted by Crippen LogP contribution is -2.29. The van der Waals surface area contributed by atoms with Crippen LogP contribution < -0.4 is 0 Å². The van der Waals surface area contributed by atoms with E-state index in [-0.39, 0.29) is 19.0 Å². The minimum Gasteiger partial charge on any atom is -0.461 e. The number of fused-ring (bicyclic) bond motifs is 1. The van der Waals surface area contributed by atoms with E-state index < -0.39 is 12.3 Å². The number of aryl methyl sites for hydroxylation is 1. The lowest BCUT2D eigenvalue weighted by molar-refractivity contribution is 0.0765. The number of rotatable bonds is 1. The van der Waals surface area contributed by atoms with Crippen molar-refractivity contribution >= 4 is 16.9 Å². The van der Waals surface area contributed by atoms with E-state index in [2.05, 4.69) is 0 Å². The molecular formula is C14H14FNO3. The lowest BCUT2D eigenvalue weighted by atomic mass is 10.1. The second kappa shape index (κ2) is 4.35. The number of amides is 1. The fourth-order valence-electron chi connectivity index (χ4n) is 2.44. The first-order valence-electron chi connectivity index (χ1n) is 6.17. The first-order chi connectivity index (χ1) is 9.06. The Morgan fingerprint density at radius 1 is 1.47 bits per heavy atom. The molecule has 1 N–H and O–H groups in total. The molecule has 1 aromatic heterocycles. The van der Waals surface area contributed by atoms with Crippen LogP contribution >= 0.6 is 0 Å². The first-order valence-corrected chi connectivity index (χ1v) is 6.17. The second-order valence-corrected chi connectivity index (χ2v) is 4.87. The van der Waals surface area contributed by atoms with Crippen LogP contribution in [-0.2, 0) is 0 Å². The van der Waals surface area contributed by atoms with Crippen LogP contribution in [0.1, 0.15) is 16.1 Å². The predicted octanol–water partition coefficient (Wildman–Crippen LogP) is 1.90. The van der Waals surface area contributed by atoms with E-state index in [9.17, 15) is 14.3 Å². The number of halogens is 1. The number of aliphatic hydroxyl groups is 1. The van der Waals surface area contributed by atoms with Crippen molar-refractivity contribution in [2.75, 3.05) is 13.1 Å². The molecule has 1 saturated heterocycles. The SMILES string of the molecule is Cc1cc2cccc(C(=O)N3C[C@H](O)[C@@H](F)C3)c2o1. The number of para-hydroxylation sites is 1. The zero-order valence-corrected chi connectivity index (χ0v) is 10.5. The number of carbonyl (C=O) groups excluding carboxylic acids is 1. The molecule has 2 heterocycles. The maximum absolute atomic E-state index is 13.3. The summed E-state index contributed by atoms with van der Waals surface area (Å²) in [5.41, 5.74) is 0.925. The summed E-state index contributed by atoms with van der Waals surface area (Å²) in [6.07, 6.45) is -2.47. The van der Waals surface area contributed by atoms with Crippen LogP contribution in [0.3, 0.4) is 0 Å². The van der Waals surface area contributed by atoms with E-state index >= 15 is 0 Å². The Balaban J connectivity index is 1.98. The highest BCUT2D eigenvalue weighted by Gasteiger charge is 2.35. The van der Waals surface area contributed by atoms with Gasteiger partial charge in [-0.1, -0.05) is 12.1 Å². The molecule has 0 aliphatic carbocycles. The van der Waals surface area contributed by atoms with Gasteiger partial charge in [-0.15, -0.1) is 0 Å². The zero-order chi connectivity index (χ0) is 13.6. The molecule has 1 aliphatic rings. The molecule has 0 radical (unpaired) electrons. The summed E-state index contributed by atoms with van der Waals surface area (Å²) in [6, 6.07) is 7.14. The van der Waals surface area contributed by atoms with Gasteiger partial charge in [-0.05, 0) is 19.1 Å². The number of furan rings is 1. The van der Waals surface area contributed by atoms with E-state index in [0.717, 1.165) is 11.1 Å². The lowest BCUT2D eigenvalue weighted by Gasteiger charge is -2.15. The maximum Gasteiger partial charge on any atom is 0.257 e. The summed E-state index contributed by atoms with van der Waals surface area (Å²) < 4.78 is 18.8. The van der Waals surface area contributed by atoms with Crippen molar-refractivity contribution in [3.63, 3.8) is 0 Å². The minimum atomic E-state index is -1.37. The number of carbonyl (C=O) groups is 1. The molecule has 0 spiro atoms. The zero-order valence-electron chi connectivity index (χ0n) is 10.5. The second-order valence-electron chi connectivity index (χ2n) is 4.87. The van der Waals surface area contributed by atoms with Gasteiger partial charge in [0.1, 0.15) is 23.6 Å². The third-order valence-corrected chi connectivity index (χ3v) is 3.40. The summed E-state index contributed by atoms with van der Waals surface area (Å²) >= 11 is 0. The van der Waals surface area contributed by atoms with Crippen LogP contribution in [0, 0.1) is 6.92 Å². The van der Waals surface area contributed by atoms with Crippen LogP contribution in [0.2, 0.25) is 0 Å². The summed E-state index contributed by atoms with van der Waals surface area (Å²) in [4.78, 5) is 13.7. The summed E-state index contributed by atoms with van der Waals surface area (Å²) in [7, 11) is 0. The van der Waals surface area contributed by atoms with Gasteiger partial charge in [-0.25, -0.2) is 4.39 Å². The molecule has 100 valence electrons. The third kappa shape index (κ3) is 2.00. The molecule has 0 unspecified atom stereocenters. The molecule has 5 heteroatoms. The van der Waals surface area contributed by atoms with Crippen molar-refractivity contribution in [2.45, 2.75) is 19.2 Å². The average molecular weight is 263 g/mol. The predicted molar refractivity (Wildman–Crippen MR) is 67.8 cm³/mol. The Bertz CT molecular complexity index is 627. The fourth-order valence-corrected chi connectivity index (χ4v) is 2.44. The van der Waals surface area contributed by atoms with Crippen molar-refractivity contribution in [2.24, 2.45) is 0 Å². The largest absolute Gasteiger partial charge is 0.461 e. The highest BCUT2D eigenvalue weighted by molar-refractivity contribution is 6.05. The van der Waals surface area contributed by atoms with Gasteiger partial charge in [-0.3, -0.25) is 4.79 Å². The Morgan fingerprint density at radius 3 is 2.95 bits per heavy atom. The molecule has 4 nitrogen and oxygen atoms in total. The van der Waals surface area contributed by atoms with Gasteiger partial charge in [-0.2, -0.15) is 0 Å². The van der Waals surface area contributed by atoms with E-state index in [1.165, 1.54) is 4.90 Å². The first kappa shape index (κ1) is 12.2. The summed E-state index contributed by atoms with van der Waals surface area (Å²) in [6.45, 7) is 1.76. The number of hydrogen-bond donors (Lipinski definition) is 1. The standard InChI is InChI=1S/C14H14FNO3/c1-8-5-9-3-2-4-10(13(9)19-8)14(18)16-6-11(15)12(17)7-16/h2-5,11-12,17H,6-7H2,1H3/t11-,12-/m0/s1. The van der Waals surface area contributed by atoms with Gasteiger partial charge < -0.3 is 14.4 Å². The number of benzene rings is 1. The molecule has 1 aliphatic heterocycles. The molecule has 0 bridgehead atoms. The Labute approximate surface area is 109 Å². The van der Waals surface area contributed by atoms with E-state index in [1.54, 1.807) is 12.1 Å². The molecular weight excluding hydrogens is 249 g/mol. The van der Waals surface area contributed by atoms with Crippen LogP contribution in [0.4, 0.5) is 4.39 Å². The van der Waals surface area contributed by atoms with Gasteiger partial charge >= 0.3 is 0 Å². The fraction of sp³-hybridized carbons (Fsp3) is 0.357. The number of nitrogens with zero attached hydrogens (tertiary/aromatic N) is 1. The van der Waals surface area contributed by atoms with Gasteiger partial charge in [0.25, 0.3) is 5.91 Å². The highest BCUT2D eigenvalue weighted by Crippen LogP contribution is 2.25. The molecule has 3 rings (SSSR count). The maximum atomic E-state index is 13.3. The number of hydrogen-bond acceptors (Lipinski definition) is 3. The van der Waals surface area contributed by atoms with Crippen molar-refractivity contribution < 1.29 is 18.7 Å². The monoisotopic (exact) mass is 263 g/mol. The smallest absolute Gasteiger partial charge is 0.257 e. The van der Waals surface area contributed by atoms with Crippen LogP contribution in [0.25, 0.3) is 11.0 Å². The van der Waals surface area contributed by atoms with Crippen molar-refractivity contribution in [3.8, 4) is 0 Å². The van der Waals surface area contributed by atoms with Crippen LogP contribution in [0.5, 0.6) is 0 Å². The van der Waals surface area contributed by atoms with Crippen molar-refractivity contribution in [1.82, 2.24) is 4.90 Å². The molecule has 0 saturated carbocycles. The van der Waals surface area contributed by atoms with Crippen LogP contribution in [0.15, 0.2) is 28.7 Å². The number of alkyl halides is 1. The molecule has 2 aromatic rings. The van der Waals surface area contributed by atoms with E-state index in [4.69, 9.17) is 4.42 Å². The Kier molecular flexibility index (Phi) is 2.78. The van der Waals surface area contributed by atoms with Gasteiger partial charge in [0.05, 0.1) is 12.1 Å². The third-order valence-electron chi connectivity index (χ3n) is 3.40. The van der Waals surface area contributed by atoms with E-state index in [1.807, 2.05) is 19.1 Å². The van der Waals surface area contributed by atoms with Crippen molar-refractivity contribution in [3.05, 3.63) is 35.6 Å². The summed E-state index contributed by atoms with van der Waals surface area (Å²) in [5.74, 6) is 0.416. The number of aliphatic hydroxyl groups excluding tert-OH is 1. The normalized spacial score (nSPS) is 23.2. The number of β-amino-alcohol motifs (C(OH)–C–C–N with tert-alkyl or cyclic N) is 1. The summed E-state index contributed by atoms with van der Waals surface area (Å²) in [5, 5.41) is 10.2. The Hall–Kier alpha value is -1.88. The molecule has 1 aromatic carbocycles. The van der Waals surface area contributed by atoms with E-state index in [0.29, 0.717) is 11.1 Å². The quantitative estimate of drug-likeness (QED) is 0.855. The van der Waals surface area contributed by atoms with Gasteiger partial charge in [0.15, 0.2) is 0 Å². The average Bonchev–Trinajstić information content (AvgIpc) is 2.90. The van der Waals surface area contributed by atoms with Gasteiger partial charge in [0, 0.05) is 11.9 Å². The number of likely N-dealkylation sites (tertiary alicyclic amines) is 1. The molecule has 2 atom stereocenters.